The first-order valence-electron chi connectivity index (χ1n) is 6.17. The number of hydrogen-bond donors (Lipinski definition) is 1. The van der Waals surface area contributed by atoms with Crippen molar-refractivity contribution in [1.29, 1.82) is 0 Å². The Labute approximate surface area is 117 Å². The number of rotatable bonds is 2. The maximum absolute atomic E-state index is 12.5. The molecule has 1 aliphatic heterocycles. The molecule has 5 heteroatoms. The molecule has 102 valence electrons. The summed E-state index contributed by atoms with van der Waals surface area (Å²) >= 11 is 5.95. The first-order valence-corrected chi connectivity index (χ1v) is 6.55. The fourth-order valence-corrected chi connectivity index (χ4v) is 2.82. The number of aliphatic carboxylic acids is 1. The van der Waals surface area contributed by atoms with Gasteiger partial charge in [0.25, 0.3) is 5.91 Å². The first-order chi connectivity index (χ1) is 8.84. The van der Waals surface area contributed by atoms with Gasteiger partial charge in [-0.1, -0.05) is 11.6 Å². The zero-order valence-corrected chi connectivity index (χ0v) is 11.7. The van der Waals surface area contributed by atoms with Crippen molar-refractivity contribution in [3.05, 3.63) is 34.3 Å². The van der Waals surface area contributed by atoms with Crippen LogP contribution in [0.25, 0.3) is 0 Å². The van der Waals surface area contributed by atoms with E-state index in [4.69, 9.17) is 11.6 Å². The van der Waals surface area contributed by atoms with Crippen molar-refractivity contribution in [1.82, 2.24) is 4.90 Å². The molecule has 0 spiro atoms. The van der Waals surface area contributed by atoms with Gasteiger partial charge >= 0.3 is 5.97 Å². The van der Waals surface area contributed by atoms with E-state index in [9.17, 15) is 14.7 Å². The van der Waals surface area contributed by atoms with Crippen LogP contribution in [0.3, 0.4) is 0 Å². The highest BCUT2D eigenvalue weighted by Gasteiger charge is 2.46. The van der Waals surface area contributed by atoms with Crippen LogP contribution in [0.15, 0.2) is 18.2 Å². The zero-order chi connectivity index (χ0) is 14.2. The highest BCUT2D eigenvalue weighted by Crippen LogP contribution is 2.31. The van der Waals surface area contributed by atoms with Gasteiger partial charge in [0.2, 0.25) is 0 Å². The van der Waals surface area contributed by atoms with Gasteiger partial charge in [0.1, 0.15) is 5.54 Å². The molecule has 0 saturated carbocycles. The smallest absolute Gasteiger partial charge is 0.329 e. The molecule has 19 heavy (non-hydrogen) atoms. The van der Waals surface area contributed by atoms with Crippen LogP contribution in [0.5, 0.6) is 0 Å². The summed E-state index contributed by atoms with van der Waals surface area (Å²) < 4.78 is 0. The topological polar surface area (TPSA) is 57.6 Å². The Hall–Kier alpha value is -1.55. The summed E-state index contributed by atoms with van der Waals surface area (Å²) in [7, 11) is 0. The van der Waals surface area contributed by atoms with Crippen LogP contribution in [-0.2, 0) is 4.79 Å². The van der Waals surface area contributed by atoms with Crippen LogP contribution in [0.1, 0.15) is 35.7 Å². The van der Waals surface area contributed by atoms with Gasteiger partial charge in [-0.3, -0.25) is 4.79 Å². The number of halogens is 1. The molecule has 0 radical (unpaired) electrons. The van der Waals surface area contributed by atoms with Crippen LogP contribution >= 0.6 is 11.6 Å². The summed E-state index contributed by atoms with van der Waals surface area (Å²) in [4.78, 5) is 25.3. The SMILES string of the molecule is Cc1cc(Cl)cc(C(=O)N2CCCC2(C)C(=O)O)c1. The molecule has 1 N–H and O–H groups in total. The van der Waals surface area contributed by atoms with Crippen LogP contribution in [0.2, 0.25) is 5.02 Å². The maximum Gasteiger partial charge on any atom is 0.329 e. The van der Waals surface area contributed by atoms with Gasteiger partial charge in [0.15, 0.2) is 0 Å². The summed E-state index contributed by atoms with van der Waals surface area (Å²) in [6, 6.07) is 5.07. The summed E-state index contributed by atoms with van der Waals surface area (Å²) in [5.41, 5.74) is 0.208. The predicted molar refractivity (Wildman–Crippen MR) is 72.5 cm³/mol. The normalized spacial score (nSPS) is 22.6. The lowest BCUT2D eigenvalue weighted by molar-refractivity contribution is -0.147. The molecular weight excluding hydrogens is 266 g/mol. The molecule has 2 rings (SSSR count). The first kappa shape index (κ1) is 13.9. The second-order valence-corrected chi connectivity index (χ2v) is 5.59. The van der Waals surface area contributed by atoms with Crippen molar-refractivity contribution in [3.63, 3.8) is 0 Å². The number of carboxylic acids is 1. The molecule has 1 aliphatic rings. The number of nitrogens with zero attached hydrogens (tertiary/aromatic N) is 1. The van der Waals surface area contributed by atoms with E-state index in [0.29, 0.717) is 30.0 Å². The Morgan fingerprint density at radius 3 is 2.63 bits per heavy atom. The Morgan fingerprint density at radius 1 is 1.37 bits per heavy atom. The molecule has 1 heterocycles. The molecule has 1 aromatic carbocycles. The standard InChI is InChI=1S/C14H16ClNO3/c1-9-6-10(8-11(15)7-9)12(17)16-5-3-4-14(16,2)13(18)19/h6-8H,3-5H2,1-2H3,(H,18,19). The van der Waals surface area contributed by atoms with Gasteiger partial charge in [-0.05, 0) is 50.5 Å². The Morgan fingerprint density at radius 2 is 2.05 bits per heavy atom. The van der Waals surface area contributed by atoms with E-state index in [1.807, 2.05) is 6.92 Å². The van der Waals surface area contributed by atoms with Gasteiger partial charge in [0.05, 0.1) is 0 Å². The molecular formula is C14H16ClNO3. The minimum absolute atomic E-state index is 0.270. The van der Waals surface area contributed by atoms with Gasteiger partial charge in [-0.15, -0.1) is 0 Å². The summed E-state index contributed by atoms with van der Waals surface area (Å²) in [5.74, 6) is -1.23. The monoisotopic (exact) mass is 281 g/mol. The molecule has 1 amide bonds. The largest absolute Gasteiger partial charge is 0.480 e. The van der Waals surface area contributed by atoms with E-state index in [1.165, 1.54) is 4.90 Å². The summed E-state index contributed by atoms with van der Waals surface area (Å²) in [6.45, 7) is 3.91. The zero-order valence-electron chi connectivity index (χ0n) is 10.9. The number of aryl methyl sites for hydroxylation is 1. The number of likely N-dealkylation sites (tertiary alicyclic amines) is 1. The number of amides is 1. The molecule has 0 bridgehead atoms. The summed E-state index contributed by atoms with van der Waals surface area (Å²) in [6.07, 6.45) is 1.18. The van der Waals surface area contributed by atoms with E-state index < -0.39 is 11.5 Å². The Balaban J connectivity index is 2.36. The fraction of sp³-hybridized carbons (Fsp3) is 0.429. The predicted octanol–water partition coefficient (Wildman–Crippen LogP) is 2.73. The molecule has 0 aliphatic carbocycles. The fourth-order valence-electron chi connectivity index (χ4n) is 2.53. The van der Waals surface area contributed by atoms with Crippen LogP contribution < -0.4 is 0 Å². The Kier molecular flexibility index (Phi) is 3.54. The van der Waals surface area contributed by atoms with Gasteiger partial charge in [0, 0.05) is 17.1 Å². The number of benzene rings is 1. The van der Waals surface area contributed by atoms with Gasteiger partial charge in [-0.2, -0.15) is 0 Å². The van der Waals surface area contributed by atoms with E-state index in [2.05, 4.69) is 0 Å². The second kappa shape index (κ2) is 4.85. The lowest BCUT2D eigenvalue weighted by Crippen LogP contribution is -2.50. The third-order valence-corrected chi connectivity index (χ3v) is 3.85. The number of carbonyl (C=O) groups is 2. The van der Waals surface area contributed by atoms with Crippen molar-refractivity contribution >= 4 is 23.5 Å². The van der Waals surface area contributed by atoms with E-state index in [-0.39, 0.29) is 5.91 Å². The van der Waals surface area contributed by atoms with Crippen LogP contribution in [0.4, 0.5) is 0 Å². The maximum atomic E-state index is 12.5. The Bertz CT molecular complexity index is 523. The lowest BCUT2D eigenvalue weighted by Gasteiger charge is -2.31. The third kappa shape index (κ3) is 2.45. The second-order valence-electron chi connectivity index (χ2n) is 5.16. The van der Waals surface area contributed by atoms with E-state index in [1.54, 1.807) is 25.1 Å². The van der Waals surface area contributed by atoms with Crippen molar-refractivity contribution in [2.75, 3.05) is 6.54 Å². The number of hydrogen-bond acceptors (Lipinski definition) is 2. The highest BCUT2D eigenvalue weighted by atomic mass is 35.5. The quantitative estimate of drug-likeness (QED) is 0.907. The molecule has 1 saturated heterocycles. The van der Waals surface area contributed by atoms with Crippen molar-refractivity contribution < 1.29 is 14.7 Å². The summed E-state index contributed by atoms with van der Waals surface area (Å²) in [5, 5.41) is 9.81. The van der Waals surface area contributed by atoms with Crippen LogP contribution in [-0.4, -0.2) is 34.0 Å². The van der Waals surface area contributed by atoms with Gasteiger partial charge < -0.3 is 10.0 Å². The minimum Gasteiger partial charge on any atom is -0.480 e. The molecule has 1 atom stereocenters. The third-order valence-electron chi connectivity index (χ3n) is 3.64. The molecule has 1 aromatic rings. The lowest BCUT2D eigenvalue weighted by atomic mass is 9.98. The highest BCUT2D eigenvalue weighted by molar-refractivity contribution is 6.31. The number of carbonyl (C=O) groups excluding carboxylic acids is 1. The van der Waals surface area contributed by atoms with Crippen molar-refractivity contribution in [2.24, 2.45) is 0 Å². The van der Waals surface area contributed by atoms with E-state index in [0.717, 1.165) is 5.56 Å². The van der Waals surface area contributed by atoms with Crippen molar-refractivity contribution in [2.45, 2.75) is 32.2 Å². The number of carboxylic acid groups (broad SMARTS) is 1. The molecule has 0 aromatic heterocycles. The minimum atomic E-state index is -1.12. The molecule has 1 fully saturated rings. The van der Waals surface area contributed by atoms with Gasteiger partial charge in [-0.25, -0.2) is 4.79 Å². The molecule has 1 unspecified atom stereocenters. The van der Waals surface area contributed by atoms with Crippen molar-refractivity contribution in [3.8, 4) is 0 Å². The van der Waals surface area contributed by atoms with Crippen LogP contribution in [0, 0.1) is 6.92 Å². The average molecular weight is 282 g/mol. The molecule has 4 nitrogen and oxygen atoms in total. The van der Waals surface area contributed by atoms with E-state index >= 15 is 0 Å². The average Bonchev–Trinajstić information content (AvgIpc) is 2.70.